The van der Waals surface area contributed by atoms with E-state index in [4.69, 9.17) is 0 Å². The number of amides is 1. The molecule has 0 bridgehead atoms. The lowest BCUT2D eigenvalue weighted by Crippen LogP contribution is -2.32. The predicted molar refractivity (Wildman–Crippen MR) is 75.4 cm³/mol. The Kier molecular flexibility index (Phi) is 4.51. The second kappa shape index (κ2) is 6.15. The highest BCUT2D eigenvalue weighted by atomic mass is 32.2. The molecule has 2 rings (SSSR count). The van der Waals surface area contributed by atoms with E-state index in [-0.39, 0.29) is 11.8 Å². The van der Waals surface area contributed by atoms with Crippen LogP contribution in [0.2, 0.25) is 0 Å². The number of aromatic nitrogens is 1. The van der Waals surface area contributed by atoms with Gasteiger partial charge < -0.3 is 4.90 Å². The normalized spacial score (nSPS) is 19.0. The zero-order chi connectivity index (χ0) is 14.6. The van der Waals surface area contributed by atoms with Gasteiger partial charge in [0.25, 0.3) is 5.91 Å². The summed E-state index contributed by atoms with van der Waals surface area (Å²) in [4.78, 5) is 17.9. The van der Waals surface area contributed by atoms with Gasteiger partial charge in [0.15, 0.2) is 0 Å². The fourth-order valence-electron chi connectivity index (χ4n) is 2.13. The topological polar surface area (TPSA) is 79.4 Å². The minimum atomic E-state index is -3.40. The van der Waals surface area contributed by atoms with Crippen LogP contribution in [0, 0.1) is 5.92 Å². The van der Waals surface area contributed by atoms with Crippen LogP contribution in [0.5, 0.6) is 0 Å². The van der Waals surface area contributed by atoms with Crippen LogP contribution in [0.4, 0.5) is 0 Å². The highest BCUT2D eigenvalue weighted by Gasteiger charge is 2.27. The molecular formula is C13H17N3O3S. The van der Waals surface area contributed by atoms with Crippen LogP contribution in [0.25, 0.3) is 0 Å². The van der Waals surface area contributed by atoms with E-state index in [9.17, 15) is 13.2 Å². The number of hydrogen-bond donors (Lipinski definition) is 1. The molecule has 7 heteroatoms. The number of pyridine rings is 1. The largest absolute Gasteiger partial charge is 0.337 e. The number of likely N-dealkylation sites (tertiary alicyclic amines) is 1. The summed E-state index contributed by atoms with van der Waals surface area (Å²) in [6.07, 6.45) is 2.36. The number of hydrogen-bond acceptors (Lipinski definition) is 4. The Balaban J connectivity index is 1.90. The lowest BCUT2D eigenvalue weighted by molar-refractivity contribution is 0.0781. The first-order chi connectivity index (χ1) is 9.52. The Morgan fingerprint density at radius 2 is 2.35 bits per heavy atom. The first kappa shape index (κ1) is 14.7. The van der Waals surface area contributed by atoms with Crippen LogP contribution in [0.15, 0.2) is 36.4 Å². The van der Waals surface area contributed by atoms with Crippen molar-refractivity contribution < 1.29 is 13.2 Å². The van der Waals surface area contributed by atoms with Gasteiger partial charge in [0.1, 0.15) is 5.69 Å². The summed E-state index contributed by atoms with van der Waals surface area (Å²) in [5, 5.41) is 0.888. The lowest BCUT2D eigenvalue weighted by Gasteiger charge is -2.16. The Morgan fingerprint density at radius 3 is 3.00 bits per heavy atom. The summed E-state index contributed by atoms with van der Waals surface area (Å²) >= 11 is 0. The van der Waals surface area contributed by atoms with Gasteiger partial charge in [0, 0.05) is 31.2 Å². The highest BCUT2D eigenvalue weighted by molar-refractivity contribution is 7.92. The summed E-state index contributed by atoms with van der Waals surface area (Å²) in [6.45, 7) is 4.71. The first-order valence-electron chi connectivity index (χ1n) is 6.34. The molecule has 1 saturated heterocycles. The predicted octanol–water partition coefficient (Wildman–Crippen LogP) is 0.607. The molecule has 0 saturated carbocycles. The number of sulfonamides is 1. The number of nitrogens with one attached hydrogen (secondary N) is 1. The number of nitrogens with zero attached hydrogens (tertiary/aromatic N) is 2. The van der Waals surface area contributed by atoms with Crippen molar-refractivity contribution >= 4 is 15.9 Å². The molecule has 1 aliphatic heterocycles. The second-order valence-electron chi connectivity index (χ2n) is 4.68. The van der Waals surface area contributed by atoms with E-state index in [1.54, 1.807) is 29.3 Å². The van der Waals surface area contributed by atoms with Gasteiger partial charge in [0.05, 0.1) is 0 Å². The molecule has 2 heterocycles. The fourth-order valence-corrected chi connectivity index (χ4v) is 2.71. The van der Waals surface area contributed by atoms with Crippen LogP contribution in [0.3, 0.4) is 0 Å². The average Bonchev–Trinajstić information content (AvgIpc) is 2.94. The third-order valence-corrected chi connectivity index (χ3v) is 4.26. The van der Waals surface area contributed by atoms with Gasteiger partial charge in [-0.2, -0.15) is 0 Å². The van der Waals surface area contributed by atoms with Crippen LogP contribution in [0.1, 0.15) is 16.9 Å². The Labute approximate surface area is 118 Å². The Hall–Kier alpha value is -1.73. The molecule has 1 N–H and O–H groups in total. The summed E-state index contributed by atoms with van der Waals surface area (Å²) < 4.78 is 25.0. The van der Waals surface area contributed by atoms with Crippen molar-refractivity contribution in [2.45, 2.75) is 6.42 Å². The lowest BCUT2D eigenvalue weighted by atomic mass is 10.1. The summed E-state index contributed by atoms with van der Waals surface area (Å²) in [6, 6.07) is 5.20. The Morgan fingerprint density at radius 1 is 1.55 bits per heavy atom. The van der Waals surface area contributed by atoms with Gasteiger partial charge in [0.2, 0.25) is 10.0 Å². The van der Waals surface area contributed by atoms with Crippen molar-refractivity contribution in [3.63, 3.8) is 0 Å². The molecule has 0 radical (unpaired) electrons. The molecule has 1 fully saturated rings. The zero-order valence-electron chi connectivity index (χ0n) is 11.0. The molecule has 1 aliphatic rings. The molecule has 20 heavy (non-hydrogen) atoms. The summed E-state index contributed by atoms with van der Waals surface area (Å²) in [5.41, 5.74) is 0.417. The van der Waals surface area contributed by atoms with Gasteiger partial charge in [-0.3, -0.25) is 9.78 Å². The molecule has 6 nitrogen and oxygen atoms in total. The minimum Gasteiger partial charge on any atom is -0.337 e. The van der Waals surface area contributed by atoms with E-state index in [1.165, 1.54) is 0 Å². The van der Waals surface area contributed by atoms with E-state index in [0.29, 0.717) is 25.3 Å². The van der Waals surface area contributed by atoms with E-state index >= 15 is 0 Å². The molecule has 1 amide bonds. The van der Waals surface area contributed by atoms with Crippen molar-refractivity contribution in [1.29, 1.82) is 0 Å². The summed E-state index contributed by atoms with van der Waals surface area (Å²) in [5.74, 6) is 0.0112. The number of carbonyl (C=O) groups is 1. The van der Waals surface area contributed by atoms with Crippen LogP contribution in [-0.4, -0.2) is 43.8 Å². The van der Waals surface area contributed by atoms with Gasteiger partial charge in [-0.05, 0) is 24.5 Å². The molecule has 0 unspecified atom stereocenters. The van der Waals surface area contributed by atoms with Crippen LogP contribution >= 0.6 is 0 Å². The second-order valence-corrected chi connectivity index (χ2v) is 6.39. The van der Waals surface area contributed by atoms with Crippen molar-refractivity contribution in [2.75, 3.05) is 19.6 Å². The van der Waals surface area contributed by atoms with Gasteiger partial charge in [-0.15, -0.1) is 0 Å². The van der Waals surface area contributed by atoms with Crippen molar-refractivity contribution in [3.05, 3.63) is 42.1 Å². The van der Waals surface area contributed by atoms with E-state index < -0.39 is 10.0 Å². The molecule has 1 atom stereocenters. The van der Waals surface area contributed by atoms with Crippen molar-refractivity contribution in [1.82, 2.24) is 14.6 Å². The van der Waals surface area contributed by atoms with Crippen molar-refractivity contribution in [2.24, 2.45) is 5.92 Å². The van der Waals surface area contributed by atoms with E-state index in [0.717, 1.165) is 11.8 Å². The Bertz CT molecular complexity index is 586. The molecule has 0 spiro atoms. The maximum Gasteiger partial charge on any atom is 0.272 e. The van der Waals surface area contributed by atoms with Crippen LogP contribution < -0.4 is 4.72 Å². The minimum absolute atomic E-state index is 0.111. The average molecular weight is 295 g/mol. The molecule has 108 valence electrons. The first-order valence-corrected chi connectivity index (χ1v) is 7.89. The zero-order valence-corrected chi connectivity index (χ0v) is 11.8. The van der Waals surface area contributed by atoms with Gasteiger partial charge in [-0.1, -0.05) is 12.6 Å². The molecule has 1 aromatic rings. The van der Waals surface area contributed by atoms with Crippen LogP contribution in [-0.2, 0) is 10.0 Å². The van der Waals surface area contributed by atoms with Gasteiger partial charge in [-0.25, -0.2) is 13.1 Å². The molecule has 1 aromatic heterocycles. The summed E-state index contributed by atoms with van der Waals surface area (Å²) in [7, 11) is -3.40. The maximum absolute atomic E-state index is 12.2. The maximum atomic E-state index is 12.2. The monoisotopic (exact) mass is 295 g/mol. The van der Waals surface area contributed by atoms with E-state index in [2.05, 4.69) is 16.3 Å². The third-order valence-electron chi connectivity index (χ3n) is 3.25. The molecule has 0 aromatic carbocycles. The van der Waals surface area contributed by atoms with Gasteiger partial charge >= 0.3 is 0 Å². The third kappa shape index (κ3) is 3.64. The smallest absolute Gasteiger partial charge is 0.272 e. The quantitative estimate of drug-likeness (QED) is 0.863. The van der Waals surface area contributed by atoms with E-state index in [1.807, 2.05) is 0 Å². The number of rotatable bonds is 5. The highest BCUT2D eigenvalue weighted by Crippen LogP contribution is 2.17. The van der Waals surface area contributed by atoms with Crippen molar-refractivity contribution in [3.8, 4) is 0 Å². The number of carbonyl (C=O) groups excluding carboxylic acids is 1. The SMILES string of the molecule is C=CS(=O)(=O)NC[C@H]1CCN(C(=O)c2ccccn2)C1. The fraction of sp³-hybridized carbons (Fsp3) is 0.385. The standard InChI is InChI=1S/C13H17N3O3S/c1-2-20(18,19)15-9-11-6-8-16(10-11)13(17)12-5-3-4-7-14-12/h2-5,7,11,15H,1,6,8-10H2/t11-/m1/s1. The molecule has 0 aliphatic carbocycles. The molecular weight excluding hydrogens is 278 g/mol.